The van der Waals surface area contributed by atoms with Crippen molar-refractivity contribution in [2.24, 2.45) is 7.05 Å². The lowest BCUT2D eigenvalue weighted by Crippen LogP contribution is -2.47. The van der Waals surface area contributed by atoms with Gasteiger partial charge in [-0.15, -0.1) is 11.3 Å². The number of nitrogens with two attached hydrogens (primary N) is 1. The van der Waals surface area contributed by atoms with Crippen molar-refractivity contribution in [2.45, 2.75) is 37.4 Å². The van der Waals surface area contributed by atoms with Gasteiger partial charge in [-0.1, -0.05) is 29.2 Å². The Kier molecular flexibility index (Phi) is 16.9. The van der Waals surface area contributed by atoms with Gasteiger partial charge >= 0.3 is 35.2 Å². The number of nitrogens with zero attached hydrogens (tertiary/aromatic N) is 6. The Bertz CT molecular complexity index is 3380. The molecule has 2 aromatic heterocycles. The fourth-order valence-corrected chi connectivity index (χ4v) is 12.3. The lowest BCUT2D eigenvalue weighted by Gasteiger charge is -2.22. The van der Waals surface area contributed by atoms with E-state index in [0.717, 1.165) is 47.3 Å². The summed E-state index contributed by atoms with van der Waals surface area (Å²) in [7, 11) is -6.29. The quantitative estimate of drug-likeness (QED) is 0.0241. The van der Waals surface area contributed by atoms with Crippen LogP contribution in [0.4, 0.5) is 16.4 Å². The summed E-state index contributed by atoms with van der Waals surface area (Å²) in [6.45, 7) is -1.22. The molecule has 2 aliphatic heterocycles. The number of nitrogen functional groups attached to an aromatic ring is 1. The molecule has 7 rings (SSSR count). The standard InChI is InChI=1S/C43H53N10O17P3S/c1-49(2)24-13-15-28-31(20-24)74-32-21-25(50(3)4)14-16-29(32)34(28)26-10-7-8-11-27(26)40(57)51(5)19-9-12-33(54)45-17-18-46-43(58)68-37-30(22-66-72(62,63)70-73(64,65)69-71(59,60)61)67-41(36(37)55)53-23-52(6)35-38(53)47-42(44)48-39(35)56/h7-8,10-11,13-16,20-21,23,30,36-37,41,55H,9,12,17-19,22H2,1-6H3,(H7-2,44,45,46,47,48,54,56,58,59,60,61,62,63,64,65)/p+2/t30-,36-,37-,41-/m1/s1. The van der Waals surface area contributed by atoms with Crippen molar-refractivity contribution in [3.05, 3.63) is 88.3 Å². The van der Waals surface area contributed by atoms with Gasteiger partial charge in [0.05, 0.1) is 13.7 Å². The maximum atomic E-state index is 14.2. The zero-order valence-electron chi connectivity index (χ0n) is 40.5. The molecule has 27 nitrogen and oxygen atoms in total. The molecule has 4 aromatic rings. The van der Waals surface area contributed by atoms with Gasteiger partial charge in [0, 0.05) is 91.1 Å². The van der Waals surface area contributed by atoms with E-state index in [0.29, 0.717) is 12.0 Å². The molecule has 1 fully saturated rings. The van der Waals surface area contributed by atoms with Gasteiger partial charge in [0.1, 0.15) is 20.2 Å². The minimum absolute atomic E-state index is 0.0178. The van der Waals surface area contributed by atoms with Crippen LogP contribution in [0.3, 0.4) is 0 Å². The molecule has 10 N–H and O–H groups in total. The third kappa shape index (κ3) is 13.1. The van der Waals surface area contributed by atoms with E-state index >= 15 is 0 Å². The number of imidazole rings is 1. The lowest BCUT2D eigenvalue weighted by atomic mass is 9.91. The number of hydrogen-bond donors (Lipinski definition) is 9. The first-order valence-electron chi connectivity index (χ1n) is 22.3. The van der Waals surface area contributed by atoms with Gasteiger partial charge in [0.2, 0.25) is 23.0 Å². The number of hydrogen-bond acceptors (Lipinski definition) is 17. The molecule has 0 saturated carbocycles. The molecule has 4 heterocycles. The van der Waals surface area contributed by atoms with Crippen molar-refractivity contribution in [3.63, 3.8) is 0 Å². The summed E-state index contributed by atoms with van der Waals surface area (Å²) in [5.74, 6) is -0.948. The maximum Gasteiger partial charge on any atom is 0.490 e. The van der Waals surface area contributed by atoms with Gasteiger partial charge in [-0.25, -0.2) is 27.6 Å². The number of aliphatic hydroxyl groups is 1. The van der Waals surface area contributed by atoms with Crippen LogP contribution >= 0.6 is 34.8 Å². The number of H-pyrrole nitrogens is 1. The third-order valence-electron chi connectivity index (χ3n) is 11.5. The van der Waals surface area contributed by atoms with Crippen LogP contribution < -0.4 is 41.3 Å². The molecule has 398 valence electrons. The smallest absolute Gasteiger partial charge is 0.440 e. The van der Waals surface area contributed by atoms with Gasteiger partial charge in [-0.2, -0.15) is 8.62 Å². The number of nitrogens with one attached hydrogen (secondary N) is 3. The number of anilines is 2. The van der Waals surface area contributed by atoms with Crippen LogP contribution in [0.2, 0.25) is 0 Å². The van der Waals surface area contributed by atoms with E-state index in [1.54, 1.807) is 29.4 Å². The van der Waals surface area contributed by atoms with Crippen molar-refractivity contribution >= 4 is 85.6 Å². The minimum Gasteiger partial charge on any atom is -0.440 e. The predicted octanol–water partition coefficient (Wildman–Crippen LogP) is 1.58. The van der Waals surface area contributed by atoms with Crippen molar-refractivity contribution in [3.8, 4) is 21.6 Å². The number of phosphoric acid groups is 3. The van der Waals surface area contributed by atoms with Crippen LogP contribution in [0, 0.1) is 0 Å². The molecule has 1 saturated heterocycles. The number of phosphoric ester groups is 1. The molecule has 6 atom stereocenters. The largest absolute Gasteiger partial charge is 0.490 e. The molecule has 3 aliphatic rings. The summed E-state index contributed by atoms with van der Waals surface area (Å²) in [5.41, 5.74) is 9.16. The second kappa shape index (κ2) is 22.5. The first-order valence-corrected chi connectivity index (χ1v) is 27.7. The number of rotatable bonds is 19. The number of alkyl carbamates (subject to hydrolysis) is 1. The molecular formula is C43H55N10O17P3S+2. The topological polar surface area (TPSA) is 364 Å². The Hall–Kier alpha value is -5.96. The van der Waals surface area contributed by atoms with Gasteiger partial charge in [-0.3, -0.25) is 28.5 Å². The molecule has 3 amide bonds. The SMILES string of the molecule is CN(CCCC(=O)NCCNC(=O)O[C@H]1[C@@H](O)[C@H]([n+]2cn(C)c3c(=O)[nH]c(N)nc32)O[C@@H]1COP(=O)(O)OP(=O)(O)OP(=O)(O)O)C(=O)c1ccccc1-c1c2ccc(=[N+](C)C)cc-2sc2cc(N(C)C)ccc12. The van der Waals surface area contributed by atoms with Crippen LogP contribution in [0.5, 0.6) is 0 Å². The van der Waals surface area contributed by atoms with E-state index in [2.05, 4.69) is 65.6 Å². The highest BCUT2D eigenvalue weighted by atomic mass is 32.1. The van der Waals surface area contributed by atoms with E-state index in [1.807, 2.05) is 55.9 Å². The van der Waals surface area contributed by atoms with Gasteiger partial charge in [0.15, 0.2) is 18.5 Å². The van der Waals surface area contributed by atoms with Crippen LogP contribution in [-0.2, 0) is 48.2 Å². The molecule has 0 radical (unpaired) electrons. The number of aliphatic hydroxyl groups excluding tert-OH is 1. The fourth-order valence-electron chi connectivity index (χ4n) is 8.16. The Morgan fingerprint density at radius 2 is 1.69 bits per heavy atom. The number of aromatic nitrogens is 4. The molecule has 0 bridgehead atoms. The Labute approximate surface area is 425 Å². The first-order chi connectivity index (χ1) is 34.7. The van der Waals surface area contributed by atoms with E-state index in [9.17, 15) is 47.8 Å². The summed E-state index contributed by atoms with van der Waals surface area (Å²) < 4.78 is 64.5. The maximum absolute atomic E-state index is 14.2. The number of aromatic amines is 1. The summed E-state index contributed by atoms with van der Waals surface area (Å²) in [6.07, 6.45) is -6.49. The Morgan fingerprint density at radius 1 is 0.973 bits per heavy atom. The van der Waals surface area contributed by atoms with E-state index in [-0.39, 0.29) is 49.1 Å². The van der Waals surface area contributed by atoms with Crippen molar-refractivity contribution in [2.75, 3.05) is 72.1 Å². The number of carbonyl (C=O) groups excluding carboxylic acids is 3. The van der Waals surface area contributed by atoms with Gasteiger partial charge in [0.25, 0.3) is 17.4 Å². The molecule has 74 heavy (non-hydrogen) atoms. The highest BCUT2D eigenvalue weighted by Gasteiger charge is 2.51. The van der Waals surface area contributed by atoms with Crippen LogP contribution in [0.1, 0.15) is 29.4 Å². The van der Waals surface area contributed by atoms with Crippen molar-refractivity contribution in [1.82, 2.24) is 34.6 Å². The van der Waals surface area contributed by atoms with Gasteiger partial charge < -0.3 is 60.3 Å². The third-order valence-corrected chi connectivity index (χ3v) is 16.5. The zero-order chi connectivity index (χ0) is 54.0. The Morgan fingerprint density at radius 3 is 2.39 bits per heavy atom. The number of benzene rings is 3. The highest BCUT2D eigenvalue weighted by Crippen LogP contribution is 2.66. The van der Waals surface area contributed by atoms with Crippen molar-refractivity contribution < 1.29 is 79.9 Å². The molecule has 1 aliphatic carbocycles. The van der Waals surface area contributed by atoms with E-state index in [4.69, 9.17) is 29.5 Å². The first kappa shape index (κ1) is 55.8. The highest BCUT2D eigenvalue weighted by molar-refractivity contribution is 7.66. The summed E-state index contributed by atoms with van der Waals surface area (Å²) >= 11 is 1.68. The van der Waals surface area contributed by atoms with Crippen LogP contribution in [0.15, 0.2) is 71.8 Å². The Balaban J connectivity index is 0.961. The molecular weight excluding hydrogens is 1050 g/mol. The molecule has 31 heteroatoms. The number of aryl methyl sites for hydroxylation is 1. The average molecular weight is 1110 g/mol. The second-order valence-electron chi connectivity index (χ2n) is 17.3. The summed E-state index contributed by atoms with van der Waals surface area (Å²) in [6, 6.07) is 20.0. The number of ether oxygens (including phenoxy) is 2. The average Bonchev–Trinajstić information content (AvgIpc) is 3.80. The summed E-state index contributed by atoms with van der Waals surface area (Å²) in [5, 5.41) is 18.5. The van der Waals surface area contributed by atoms with E-state index < -0.39 is 72.2 Å². The molecule has 2 aromatic carbocycles. The second-order valence-corrected chi connectivity index (χ2v) is 22.9. The minimum atomic E-state index is -5.92. The van der Waals surface area contributed by atoms with Crippen LogP contribution in [-0.4, -0.2) is 142 Å². The predicted molar refractivity (Wildman–Crippen MR) is 268 cm³/mol. The molecule has 0 spiro atoms. The van der Waals surface area contributed by atoms with Gasteiger partial charge in [-0.05, 0) is 41.8 Å². The normalized spacial score (nSPS) is 18.5. The number of amides is 3. The lowest BCUT2D eigenvalue weighted by molar-refractivity contribution is -0.745. The molecule has 2 unspecified atom stereocenters. The number of fused-ring (bicyclic) bond motifs is 3. The monoisotopic (exact) mass is 1110 g/mol. The number of carbonyl (C=O) groups is 3. The van der Waals surface area contributed by atoms with Crippen molar-refractivity contribution in [1.29, 1.82) is 0 Å². The van der Waals surface area contributed by atoms with Crippen LogP contribution in [0.25, 0.3) is 42.8 Å². The summed E-state index contributed by atoms with van der Waals surface area (Å²) in [4.78, 5) is 101. The fraction of sp³-hybridized carbons (Fsp3) is 0.372. The van der Waals surface area contributed by atoms with E-state index in [1.165, 1.54) is 17.9 Å². The zero-order valence-corrected chi connectivity index (χ0v) is 44.0.